The second kappa shape index (κ2) is 6.52. The molecular weight excluding hydrogens is 286 g/mol. The highest BCUT2D eigenvalue weighted by Crippen LogP contribution is 2.39. The zero-order valence-electron chi connectivity index (χ0n) is 13.1. The van der Waals surface area contributed by atoms with E-state index in [4.69, 9.17) is 0 Å². The molecule has 6 heteroatoms. The Labute approximate surface area is 129 Å². The molecule has 3 aliphatic rings. The number of piperidine rings is 1. The van der Waals surface area contributed by atoms with Gasteiger partial charge >= 0.3 is 0 Å². The smallest absolute Gasteiger partial charge is 0.282 e. The van der Waals surface area contributed by atoms with Gasteiger partial charge in [0, 0.05) is 31.7 Å². The highest BCUT2D eigenvalue weighted by atomic mass is 32.2. The summed E-state index contributed by atoms with van der Waals surface area (Å²) in [7, 11) is -1.37. The number of rotatable bonds is 4. The molecule has 3 fully saturated rings. The fourth-order valence-electron chi connectivity index (χ4n) is 4.50. The van der Waals surface area contributed by atoms with Crippen LogP contribution in [0.2, 0.25) is 0 Å². The lowest BCUT2D eigenvalue weighted by Crippen LogP contribution is -2.54. The Hall–Kier alpha value is -0.170. The molecule has 3 rings (SSSR count). The average Bonchev–Trinajstić information content (AvgIpc) is 2.93. The molecule has 3 unspecified atom stereocenters. The van der Waals surface area contributed by atoms with Gasteiger partial charge in [-0.1, -0.05) is 19.3 Å². The maximum absolute atomic E-state index is 13.2. The van der Waals surface area contributed by atoms with E-state index in [1.54, 1.807) is 4.31 Å². The van der Waals surface area contributed by atoms with Crippen molar-refractivity contribution in [3.63, 3.8) is 0 Å². The van der Waals surface area contributed by atoms with Gasteiger partial charge < -0.3 is 5.32 Å². The average molecular weight is 315 g/mol. The molecule has 122 valence electrons. The highest BCUT2D eigenvalue weighted by molar-refractivity contribution is 7.86. The van der Waals surface area contributed by atoms with Gasteiger partial charge in [0.1, 0.15) is 0 Å². The third-order valence-electron chi connectivity index (χ3n) is 5.56. The maximum atomic E-state index is 13.2. The van der Waals surface area contributed by atoms with Crippen LogP contribution in [0.5, 0.6) is 0 Å². The lowest BCUT2D eigenvalue weighted by atomic mass is 9.86. The molecule has 2 aliphatic heterocycles. The van der Waals surface area contributed by atoms with Gasteiger partial charge in [0.15, 0.2) is 0 Å². The Balaban J connectivity index is 1.78. The van der Waals surface area contributed by atoms with Crippen molar-refractivity contribution >= 4 is 10.2 Å². The summed E-state index contributed by atoms with van der Waals surface area (Å²) in [5.41, 5.74) is 0. The SMILES string of the molecule is CNCC1CCCCN1S(=O)(=O)N1CCC2CCCCC21. The number of fused-ring (bicyclic) bond motifs is 1. The number of hydrogen-bond acceptors (Lipinski definition) is 3. The van der Waals surface area contributed by atoms with Crippen LogP contribution in [0.4, 0.5) is 0 Å². The Bertz CT molecular complexity index is 444. The summed E-state index contributed by atoms with van der Waals surface area (Å²) in [4.78, 5) is 0. The molecule has 1 N–H and O–H groups in total. The zero-order chi connectivity index (χ0) is 14.9. The molecular formula is C15H29N3O2S. The topological polar surface area (TPSA) is 52.7 Å². The van der Waals surface area contributed by atoms with Crippen molar-refractivity contribution in [1.82, 2.24) is 13.9 Å². The maximum Gasteiger partial charge on any atom is 0.282 e. The Morgan fingerprint density at radius 1 is 0.952 bits per heavy atom. The van der Waals surface area contributed by atoms with Gasteiger partial charge in [-0.3, -0.25) is 0 Å². The minimum atomic E-state index is -3.28. The quantitative estimate of drug-likeness (QED) is 0.857. The standard InChI is InChI=1S/C15H29N3O2S/c1-16-12-14-7-4-5-10-17(14)21(19,20)18-11-9-13-6-2-3-8-15(13)18/h13-16H,2-12H2,1H3. The molecule has 0 aromatic rings. The Morgan fingerprint density at radius 3 is 2.52 bits per heavy atom. The van der Waals surface area contributed by atoms with Crippen LogP contribution in [-0.4, -0.2) is 55.8 Å². The summed E-state index contributed by atoms with van der Waals surface area (Å²) in [5, 5.41) is 3.16. The second-order valence-electron chi connectivity index (χ2n) is 6.84. The van der Waals surface area contributed by atoms with Crippen molar-refractivity contribution in [3.8, 4) is 0 Å². The minimum absolute atomic E-state index is 0.136. The number of hydrogen-bond donors (Lipinski definition) is 1. The molecule has 0 aromatic heterocycles. The van der Waals surface area contributed by atoms with E-state index in [0.717, 1.165) is 45.2 Å². The molecule has 5 nitrogen and oxygen atoms in total. The van der Waals surface area contributed by atoms with E-state index < -0.39 is 10.2 Å². The van der Waals surface area contributed by atoms with Gasteiger partial charge in [-0.2, -0.15) is 17.0 Å². The number of likely N-dealkylation sites (N-methyl/N-ethyl adjacent to an activating group) is 1. The van der Waals surface area contributed by atoms with E-state index in [1.807, 2.05) is 11.4 Å². The third kappa shape index (κ3) is 3.00. The van der Waals surface area contributed by atoms with E-state index in [9.17, 15) is 8.42 Å². The predicted octanol–water partition coefficient (Wildman–Crippen LogP) is 1.57. The van der Waals surface area contributed by atoms with Crippen LogP contribution in [0.3, 0.4) is 0 Å². The lowest BCUT2D eigenvalue weighted by Gasteiger charge is -2.39. The van der Waals surface area contributed by atoms with E-state index in [0.29, 0.717) is 12.5 Å². The molecule has 3 atom stereocenters. The molecule has 21 heavy (non-hydrogen) atoms. The van der Waals surface area contributed by atoms with Gasteiger partial charge in [-0.25, -0.2) is 0 Å². The predicted molar refractivity (Wildman–Crippen MR) is 84.3 cm³/mol. The highest BCUT2D eigenvalue weighted by Gasteiger charge is 2.45. The van der Waals surface area contributed by atoms with Crippen LogP contribution in [0.1, 0.15) is 51.4 Å². The van der Waals surface area contributed by atoms with Crippen LogP contribution in [0.25, 0.3) is 0 Å². The third-order valence-corrected chi connectivity index (χ3v) is 7.68. The number of nitrogens with one attached hydrogen (secondary N) is 1. The summed E-state index contributed by atoms with van der Waals surface area (Å²) >= 11 is 0. The van der Waals surface area contributed by atoms with Gasteiger partial charge in [0.2, 0.25) is 0 Å². The summed E-state index contributed by atoms with van der Waals surface area (Å²) in [6.07, 6.45) is 8.95. The van der Waals surface area contributed by atoms with Crippen LogP contribution in [0.15, 0.2) is 0 Å². The molecule has 0 radical (unpaired) electrons. The first-order valence-corrected chi connectivity index (χ1v) is 9.97. The van der Waals surface area contributed by atoms with Crippen molar-refractivity contribution in [2.24, 2.45) is 5.92 Å². The largest absolute Gasteiger partial charge is 0.318 e. The van der Waals surface area contributed by atoms with Gasteiger partial charge in [-0.05, 0) is 45.1 Å². The lowest BCUT2D eigenvalue weighted by molar-refractivity contribution is 0.207. The fourth-order valence-corrected chi connectivity index (χ4v) is 6.64. The van der Waals surface area contributed by atoms with Crippen molar-refractivity contribution < 1.29 is 8.42 Å². The van der Waals surface area contributed by atoms with Crippen molar-refractivity contribution in [2.75, 3.05) is 26.7 Å². The minimum Gasteiger partial charge on any atom is -0.318 e. The van der Waals surface area contributed by atoms with Crippen molar-refractivity contribution in [2.45, 2.75) is 63.5 Å². The van der Waals surface area contributed by atoms with Crippen molar-refractivity contribution in [3.05, 3.63) is 0 Å². The molecule has 1 aliphatic carbocycles. The molecule has 0 amide bonds. The first kappa shape index (κ1) is 15.7. The molecule has 2 saturated heterocycles. The summed E-state index contributed by atoms with van der Waals surface area (Å²) in [6.45, 7) is 2.20. The molecule has 1 saturated carbocycles. The monoisotopic (exact) mass is 315 g/mol. The second-order valence-corrected chi connectivity index (χ2v) is 8.67. The summed E-state index contributed by atoms with van der Waals surface area (Å²) in [6, 6.07) is 0.414. The fraction of sp³-hybridized carbons (Fsp3) is 1.00. The van der Waals surface area contributed by atoms with E-state index >= 15 is 0 Å². The van der Waals surface area contributed by atoms with E-state index in [-0.39, 0.29) is 12.1 Å². The molecule has 0 bridgehead atoms. The van der Waals surface area contributed by atoms with E-state index in [2.05, 4.69) is 5.32 Å². The van der Waals surface area contributed by atoms with Crippen LogP contribution < -0.4 is 5.32 Å². The van der Waals surface area contributed by atoms with Gasteiger partial charge in [0.25, 0.3) is 10.2 Å². The normalized spacial score (nSPS) is 35.8. The summed E-state index contributed by atoms with van der Waals surface area (Å²) in [5.74, 6) is 0.612. The Morgan fingerprint density at radius 2 is 1.71 bits per heavy atom. The molecule has 0 spiro atoms. The summed E-state index contributed by atoms with van der Waals surface area (Å²) < 4.78 is 30.0. The molecule has 0 aromatic carbocycles. The van der Waals surface area contributed by atoms with Gasteiger partial charge in [0.05, 0.1) is 0 Å². The van der Waals surface area contributed by atoms with Crippen molar-refractivity contribution in [1.29, 1.82) is 0 Å². The van der Waals surface area contributed by atoms with Gasteiger partial charge in [-0.15, -0.1) is 0 Å². The van der Waals surface area contributed by atoms with Crippen LogP contribution in [0, 0.1) is 5.92 Å². The van der Waals surface area contributed by atoms with E-state index in [1.165, 1.54) is 19.3 Å². The van der Waals surface area contributed by atoms with Crippen LogP contribution in [-0.2, 0) is 10.2 Å². The number of nitrogens with zero attached hydrogens (tertiary/aromatic N) is 2. The first-order valence-electron chi connectivity index (χ1n) is 8.58. The van der Waals surface area contributed by atoms with Crippen LogP contribution >= 0.6 is 0 Å². The molecule has 2 heterocycles. The Kier molecular flexibility index (Phi) is 4.88. The first-order chi connectivity index (χ1) is 10.1. The zero-order valence-corrected chi connectivity index (χ0v) is 13.9.